The summed E-state index contributed by atoms with van der Waals surface area (Å²) in [6.07, 6.45) is 0. The second-order valence-corrected chi connectivity index (χ2v) is 4.40. The van der Waals surface area contributed by atoms with E-state index >= 15 is 0 Å². The molecule has 0 spiro atoms. The molecule has 0 fully saturated rings. The van der Waals surface area contributed by atoms with Crippen molar-refractivity contribution in [2.24, 2.45) is 0 Å². The third kappa shape index (κ3) is 2.12. The van der Waals surface area contributed by atoms with Crippen LogP contribution in [0.4, 0.5) is 5.69 Å². The molecule has 6 heteroatoms. The number of phenols is 1. The highest BCUT2D eigenvalue weighted by Gasteiger charge is 2.20. The number of nitro benzene ring substituents is 1. The van der Waals surface area contributed by atoms with Crippen LogP contribution in [-0.2, 0) is 0 Å². The lowest BCUT2D eigenvalue weighted by molar-refractivity contribution is -0.385. The first-order chi connectivity index (χ1) is 10.1. The molecule has 0 atom stereocenters. The third-order valence-electron chi connectivity index (χ3n) is 3.10. The quantitative estimate of drug-likeness (QED) is 0.576. The summed E-state index contributed by atoms with van der Waals surface area (Å²) in [4.78, 5) is 22.2. The monoisotopic (exact) mass is 283 g/mol. The van der Waals surface area contributed by atoms with Crippen LogP contribution in [0.1, 0.15) is 0 Å². The van der Waals surface area contributed by atoms with Crippen molar-refractivity contribution in [2.45, 2.75) is 0 Å². The third-order valence-corrected chi connectivity index (χ3v) is 3.10. The van der Waals surface area contributed by atoms with Gasteiger partial charge in [-0.2, -0.15) is 0 Å². The number of nitrogens with zero attached hydrogens (tertiary/aromatic N) is 1. The Hall–Kier alpha value is -3.15. The fourth-order valence-corrected chi connectivity index (χ4v) is 2.12. The van der Waals surface area contributed by atoms with E-state index in [1.54, 1.807) is 24.3 Å². The molecule has 1 heterocycles. The predicted octanol–water partition coefficient (Wildman–Crippen LogP) is 3.07. The summed E-state index contributed by atoms with van der Waals surface area (Å²) >= 11 is 0. The summed E-state index contributed by atoms with van der Waals surface area (Å²) in [7, 11) is 0. The fraction of sp³-hybridized carbons (Fsp3) is 0. The predicted molar refractivity (Wildman–Crippen MR) is 76.2 cm³/mol. The van der Waals surface area contributed by atoms with Gasteiger partial charge in [-0.05, 0) is 6.07 Å². The number of benzene rings is 2. The SMILES string of the molecule is O=c1cc(-c2ccccc2)oc2ccc([N+](=O)[O-])c(O)c12. The maximum atomic E-state index is 12.1. The van der Waals surface area contributed by atoms with E-state index in [0.717, 1.165) is 6.07 Å². The maximum absolute atomic E-state index is 12.1. The molecule has 6 nitrogen and oxygen atoms in total. The van der Waals surface area contributed by atoms with Crippen molar-refractivity contribution in [3.63, 3.8) is 0 Å². The maximum Gasteiger partial charge on any atom is 0.311 e. The Kier molecular flexibility index (Phi) is 2.91. The molecular weight excluding hydrogens is 274 g/mol. The van der Waals surface area contributed by atoms with Gasteiger partial charge in [-0.15, -0.1) is 0 Å². The van der Waals surface area contributed by atoms with E-state index < -0.39 is 21.8 Å². The van der Waals surface area contributed by atoms with Crippen molar-refractivity contribution < 1.29 is 14.4 Å². The van der Waals surface area contributed by atoms with Gasteiger partial charge >= 0.3 is 5.69 Å². The average Bonchev–Trinajstić information content (AvgIpc) is 2.47. The summed E-state index contributed by atoms with van der Waals surface area (Å²) in [5.74, 6) is -0.341. The standard InChI is InChI=1S/C15H9NO5/c17-11-8-13(9-4-2-1-3-5-9)21-12-7-6-10(16(19)20)15(18)14(11)12/h1-8,18H. The van der Waals surface area contributed by atoms with Gasteiger partial charge in [0.2, 0.25) is 5.75 Å². The van der Waals surface area contributed by atoms with E-state index in [1.807, 2.05) is 6.07 Å². The molecule has 0 amide bonds. The normalized spacial score (nSPS) is 10.7. The molecule has 0 unspecified atom stereocenters. The second kappa shape index (κ2) is 4.75. The zero-order valence-electron chi connectivity index (χ0n) is 10.6. The second-order valence-electron chi connectivity index (χ2n) is 4.40. The minimum Gasteiger partial charge on any atom is -0.501 e. The molecule has 3 aromatic rings. The van der Waals surface area contributed by atoms with Gasteiger partial charge in [0, 0.05) is 17.7 Å². The highest BCUT2D eigenvalue weighted by molar-refractivity contribution is 5.88. The minimum atomic E-state index is -0.751. The molecule has 21 heavy (non-hydrogen) atoms. The smallest absolute Gasteiger partial charge is 0.311 e. The fourth-order valence-electron chi connectivity index (χ4n) is 2.12. The summed E-state index contributed by atoms with van der Waals surface area (Å²) in [5.41, 5.74) is -0.252. The highest BCUT2D eigenvalue weighted by Crippen LogP contribution is 2.33. The van der Waals surface area contributed by atoms with Gasteiger partial charge in [0.05, 0.1) is 4.92 Å². The van der Waals surface area contributed by atoms with Crippen LogP contribution in [-0.4, -0.2) is 10.0 Å². The molecule has 3 rings (SSSR count). The first-order valence-corrected chi connectivity index (χ1v) is 6.07. The number of hydrogen-bond acceptors (Lipinski definition) is 5. The number of aromatic hydroxyl groups is 1. The Balaban J connectivity index is 2.30. The van der Waals surface area contributed by atoms with E-state index in [1.165, 1.54) is 12.1 Å². The van der Waals surface area contributed by atoms with Crippen LogP contribution in [0.2, 0.25) is 0 Å². The van der Waals surface area contributed by atoms with E-state index in [-0.39, 0.29) is 11.0 Å². The molecule has 1 N–H and O–H groups in total. The lowest BCUT2D eigenvalue weighted by Crippen LogP contribution is -2.02. The Labute approximate surface area is 118 Å². The van der Waals surface area contributed by atoms with Gasteiger partial charge < -0.3 is 9.52 Å². The van der Waals surface area contributed by atoms with Crippen LogP contribution >= 0.6 is 0 Å². The molecule has 0 aliphatic heterocycles. The molecule has 0 saturated heterocycles. The molecule has 0 aliphatic rings. The summed E-state index contributed by atoms with van der Waals surface area (Å²) in [5, 5.41) is 20.4. The van der Waals surface area contributed by atoms with Crippen molar-refractivity contribution in [3.05, 3.63) is 68.9 Å². The Morgan fingerprint density at radius 3 is 2.48 bits per heavy atom. The van der Waals surface area contributed by atoms with E-state index in [9.17, 15) is 20.0 Å². The van der Waals surface area contributed by atoms with Gasteiger partial charge in [-0.1, -0.05) is 30.3 Å². The Morgan fingerprint density at radius 1 is 1.10 bits per heavy atom. The lowest BCUT2D eigenvalue weighted by Gasteiger charge is -2.04. The molecule has 0 radical (unpaired) electrons. The number of rotatable bonds is 2. The lowest BCUT2D eigenvalue weighted by atomic mass is 10.1. The molecular formula is C15H9NO5. The van der Waals surface area contributed by atoms with Gasteiger partial charge in [0.25, 0.3) is 0 Å². The van der Waals surface area contributed by atoms with Crippen LogP contribution < -0.4 is 5.43 Å². The van der Waals surface area contributed by atoms with Gasteiger partial charge in [-0.3, -0.25) is 14.9 Å². The molecule has 0 aliphatic carbocycles. The highest BCUT2D eigenvalue weighted by atomic mass is 16.6. The number of fused-ring (bicyclic) bond motifs is 1. The molecule has 0 bridgehead atoms. The van der Waals surface area contributed by atoms with Crippen molar-refractivity contribution in [1.82, 2.24) is 0 Å². The molecule has 104 valence electrons. The zero-order chi connectivity index (χ0) is 15.0. The Morgan fingerprint density at radius 2 is 1.81 bits per heavy atom. The van der Waals surface area contributed by atoms with E-state index in [0.29, 0.717) is 11.3 Å². The van der Waals surface area contributed by atoms with Gasteiger partial charge in [0.1, 0.15) is 16.7 Å². The topological polar surface area (TPSA) is 93.6 Å². The summed E-state index contributed by atoms with van der Waals surface area (Å²) in [6, 6.07) is 12.6. The minimum absolute atomic E-state index is 0.101. The van der Waals surface area contributed by atoms with Crippen LogP contribution in [0, 0.1) is 10.1 Å². The van der Waals surface area contributed by atoms with E-state index in [2.05, 4.69) is 0 Å². The first-order valence-electron chi connectivity index (χ1n) is 6.07. The van der Waals surface area contributed by atoms with Crippen LogP contribution in [0.15, 0.2) is 57.7 Å². The van der Waals surface area contributed by atoms with Crippen molar-refractivity contribution in [2.75, 3.05) is 0 Å². The zero-order valence-corrected chi connectivity index (χ0v) is 10.6. The largest absolute Gasteiger partial charge is 0.501 e. The van der Waals surface area contributed by atoms with Gasteiger partial charge in [0.15, 0.2) is 5.43 Å². The van der Waals surface area contributed by atoms with Crippen molar-refractivity contribution in [1.29, 1.82) is 0 Å². The number of hydrogen-bond donors (Lipinski definition) is 1. The number of phenolic OH excluding ortho intramolecular Hbond substituents is 1. The van der Waals surface area contributed by atoms with Crippen molar-refractivity contribution >= 4 is 16.7 Å². The molecule has 2 aromatic carbocycles. The number of nitro groups is 1. The van der Waals surface area contributed by atoms with Gasteiger partial charge in [-0.25, -0.2) is 0 Å². The van der Waals surface area contributed by atoms with Crippen LogP contribution in [0.5, 0.6) is 5.75 Å². The first kappa shape index (κ1) is 12.9. The summed E-state index contributed by atoms with van der Waals surface area (Å²) in [6.45, 7) is 0. The van der Waals surface area contributed by atoms with Crippen LogP contribution in [0.25, 0.3) is 22.3 Å². The molecule has 1 aromatic heterocycles. The Bertz CT molecular complexity index is 899. The van der Waals surface area contributed by atoms with Crippen molar-refractivity contribution in [3.8, 4) is 17.1 Å². The average molecular weight is 283 g/mol. The van der Waals surface area contributed by atoms with Crippen LogP contribution in [0.3, 0.4) is 0 Å². The van der Waals surface area contributed by atoms with E-state index in [4.69, 9.17) is 4.42 Å². The summed E-state index contributed by atoms with van der Waals surface area (Å²) < 4.78 is 5.56. The molecule has 0 saturated carbocycles.